The molecule has 4 rings (SSSR count). The van der Waals surface area contributed by atoms with Crippen molar-refractivity contribution in [1.82, 2.24) is 15.5 Å². The van der Waals surface area contributed by atoms with Gasteiger partial charge in [0.25, 0.3) is 5.91 Å². The Morgan fingerprint density at radius 1 is 1.14 bits per heavy atom. The van der Waals surface area contributed by atoms with E-state index in [2.05, 4.69) is 10.6 Å². The van der Waals surface area contributed by atoms with Crippen LogP contribution in [-0.4, -0.2) is 36.1 Å². The van der Waals surface area contributed by atoms with Gasteiger partial charge in [0.15, 0.2) is 11.5 Å². The Morgan fingerprint density at radius 3 is 2.68 bits per heavy atom. The third-order valence-electron chi connectivity index (χ3n) is 4.86. The third-order valence-corrected chi connectivity index (χ3v) is 4.86. The highest BCUT2D eigenvalue weighted by Crippen LogP contribution is 2.37. The Labute approximate surface area is 161 Å². The van der Waals surface area contributed by atoms with Gasteiger partial charge in [0.05, 0.1) is 0 Å². The van der Waals surface area contributed by atoms with Crippen LogP contribution in [0.15, 0.2) is 48.5 Å². The average molecular weight is 381 g/mol. The van der Waals surface area contributed by atoms with E-state index in [1.54, 1.807) is 25.1 Å². The summed E-state index contributed by atoms with van der Waals surface area (Å²) in [7, 11) is 0. The lowest BCUT2D eigenvalue weighted by atomic mass is 9.91. The van der Waals surface area contributed by atoms with Crippen molar-refractivity contribution in [3.8, 4) is 11.5 Å². The Morgan fingerprint density at radius 2 is 1.89 bits per heavy atom. The molecule has 2 aliphatic rings. The van der Waals surface area contributed by atoms with Crippen molar-refractivity contribution in [3.05, 3.63) is 59.7 Å². The van der Waals surface area contributed by atoms with Crippen LogP contribution in [-0.2, 0) is 21.7 Å². The number of carbonyl (C=O) groups excluding carboxylic acids is 3. The largest absolute Gasteiger partial charge is 0.454 e. The highest BCUT2D eigenvalue weighted by Gasteiger charge is 2.49. The molecule has 0 aromatic heterocycles. The van der Waals surface area contributed by atoms with E-state index < -0.39 is 23.4 Å². The molecule has 0 aliphatic carbocycles. The molecule has 0 bridgehead atoms. The molecule has 28 heavy (non-hydrogen) atoms. The van der Waals surface area contributed by atoms with E-state index in [-0.39, 0.29) is 13.3 Å². The minimum atomic E-state index is -1.28. The third kappa shape index (κ3) is 3.13. The lowest BCUT2D eigenvalue weighted by molar-refractivity contribution is -0.134. The predicted molar refractivity (Wildman–Crippen MR) is 98.5 cm³/mol. The van der Waals surface area contributed by atoms with Gasteiger partial charge in [0, 0.05) is 6.54 Å². The van der Waals surface area contributed by atoms with Crippen LogP contribution in [0.2, 0.25) is 0 Å². The zero-order valence-electron chi connectivity index (χ0n) is 15.2. The van der Waals surface area contributed by atoms with Crippen LogP contribution in [0.4, 0.5) is 4.79 Å². The van der Waals surface area contributed by atoms with Gasteiger partial charge in [-0.25, -0.2) is 4.79 Å². The molecule has 4 amide bonds. The summed E-state index contributed by atoms with van der Waals surface area (Å²) in [5.41, 5.74) is 0.207. The maximum absolute atomic E-state index is 12.9. The fraction of sp³-hybridized carbons (Fsp3) is 0.250. The van der Waals surface area contributed by atoms with E-state index in [4.69, 9.17) is 9.47 Å². The summed E-state index contributed by atoms with van der Waals surface area (Å²) in [6.45, 7) is 1.69. The van der Waals surface area contributed by atoms with Crippen LogP contribution in [0.1, 0.15) is 18.1 Å². The SMILES string of the molecule is C[C@]1(c2ccc3c(c2)OCO3)NC(=O)N(CC(=O)NCc2ccccc2)C1=O. The number of benzene rings is 2. The van der Waals surface area contributed by atoms with Crippen molar-refractivity contribution >= 4 is 17.8 Å². The van der Waals surface area contributed by atoms with Gasteiger partial charge < -0.3 is 20.1 Å². The smallest absolute Gasteiger partial charge is 0.325 e. The molecule has 1 fully saturated rings. The molecule has 2 aromatic rings. The standard InChI is InChI=1S/C20H19N3O5/c1-20(14-7-8-15-16(9-14)28-12-27-15)18(25)23(19(26)22-20)11-17(24)21-10-13-5-3-2-4-6-13/h2-9H,10-12H2,1H3,(H,21,24)(H,22,26)/t20-/m1/s1. The molecule has 2 N–H and O–H groups in total. The van der Waals surface area contributed by atoms with Crippen LogP contribution >= 0.6 is 0 Å². The van der Waals surface area contributed by atoms with Gasteiger partial charge in [-0.15, -0.1) is 0 Å². The fourth-order valence-electron chi connectivity index (χ4n) is 3.24. The minimum Gasteiger partial charge on any atom is -0.454 e. The van der Waals surface area contributed by atoms with E-state index >= 15 is 0 Å². The monoisotopic (exact) mass is 381 g/mol. The van der Waals surface area contributed by atoms with Crippen LogP contribution in [0.25, 0.3) is 0 Å². The molecule has 2 aliphatic heterocycles. The van der Waals surface area contributed by atoms with Crippen molar-refractivity contribution in [2.45, 2.75) is 19.0 Å². The van der Waals surface area contributed by atoms with Crippen LogP contribution in [0, 0.1) is 0 Å². The number of hydrogen-bond donors (Lipinski definition) is 2. The van der Waals surface area contributed by atoms with Crippen molar-refractivity contribution < 1.29 is 23.9 Å². The van der Waals surface area contributed by atoms with Gasteiger partial charge in [-0.1, -0.05) is 36.4 Å². The number of imide groups is 1. The summed E-state index contributed by atoms with van der Waals surface area (Å²) in [5.74, 6) is 0.189. The molecule has 8 nitrogen and oxygen atoms in total. The summed E-state index contributed by atoms with van der Waals surface area (Å²) in [4.78, 5) is 38.5. The molecule has 144 valence electrons. The van der Waals surface area contributed by atoms with Gasteiger partial charge >= 0.3 is 6.03 Å². The topological polar surface area (TPSA) is 97.0 Å². The number of nitrogens with zero attached hydrogens (tertiary/aromatic N) is 1. The van der Waals surface area contributed by atoms with E-state index in [1.807, 2.05) is 30.3 Å². The summed E-state index contributed by atoms with van der Waals surface area (Å²) in [6.07, 6.45) is 0. The molecule has 2 heterocycles. The zero-order valence-corrected chi connectivity index (χ0v) is 15.2. The van der Waals surface area contributed by atoms with E-state index in [0.717, 1.165) is 10.5 Å². The zero-order chi connectivity index (χ0) is 19.7. The Balaban J connectivity index is 1.45. The first kappa shape index (κ1) is 17.8. The lowest BCUT2D eigenvalue weighted by Crippen LogP contribution is -2.43. The van der Waals surface area contributed by atoms with Crippen molar-refractivity contribution in [1.29, 1.82) is 0 Å². The quantitative estimate of drug-likeness (QED) is 0.765. The molecular weight excluding hydrogens is 362 g/mol. The highest BCUT2D eigenvalue weighted by atomic mass is 16.7. The summed E-state index contributed by atoms with van der Waals surface area (Å²) in [5, 5.41) is 5.40. The number of amides is 4. The molecular formula is C20H19N3O5. The molecule has 2 aromatic carbocycles. The molecule has 0 saturated carbocycles. The summed E-state index contributed by atoms with van der Waals surface area (Å²) >= 11 is 0. The number of rotatable bonds is 5. The van der Waals surface area contributed by atoms with Crippen molar-refractivity contribution in [3.63, 3.8) is 0 Å². The second-order valence-electron chi connectivity index (χ2n) is 6.78. The second-order valence-corrected chi connectivity index (χ2v) is 6.78. The normalized spacial score (nSPS) is 20.2. The van der Waals surface area contributed by atoms with Gasteiger partial charge in [-0.3, -0.25) is 14.5 Å². The number of nitrogens with one attached hydrogen (secondary N) is 2. The van der Waals surface area contributed by atoms with Crippen molar-refractivity contribution in [2.24, 2.45) is 0 Å². The lowest BCUT2D eigenvalue weighted by Gasteiger charge is -2.22. The first-order valence-electron chi connectivity index (χ1n) is 8.82. The average Bonchev–Trinajstić information content (AvgIpc) is 3.25. The number of fused-ring (bicyclic) bond motifs is 1. The fourth-order valence-corrected chi connectivity index (χ4v) is 3.24. The van der Waals surface area contributed by atoms with Gasteiger partial charge in [0.2, 0.25) is 12.7 Å². The Hall–Kier alpha value is -3.55. The van der Waals surface area contributed by atoms with E-state index in [9.17, 15) is 14.4 Å². The van der Waals surface area contributed by atoms with Gasteiger partial charge in [0.1, 0.15) is 12.1 Å². The molecule has 0 unspecified atom stereocenters. The summed E-state index contributed by atoms with van der Waals surface area (Å²) in [6, 6.07) is 13.8. The van der Waals surface area contributed by atoms with E-state index in [0.29, 0.717) is 23.6 Å². The minimum absolute atomic E-state index is 0.115. The molecule has 1 atom stereocenters. The predicted octanol–water partition coefficient (Wildman–Crippen LogP) is 1.50. The van der Waals surface area contributed by atoms with Gasteiger partial charge in [-0.2, -0.15) is 0 Å². The van der Waals surface area contributed by atoms with E-state index in [1.165, 1.54) is 0 Å². The first-order chi connectivity index (χ1) is 13.5. The number of urea groups is 1. The number of ether oxygens (including phenoxy) is 2. The second kappa shape index (κ2) is 6.88. The number of hydrogen-bond acceptors (Lipinski definition) is 5. The van der Waals surface area contributed by atoms with Crippen LogP contribution in [0.5, 0.6) is 11.5 Å². The molecule has 8 heteroatoms. The molecule has 0 spiro atoms. The number of carbonyl (C=O) groups is 3. The van der Waals surface area contributed by atoms with Gasteiger partial charge in [-0.05, 0) is 30.2 Å². The molecule has 0 radical (unpaired) electrons. The maximum atomic E-state index is 12.9. The maximum Gasteiger partial charge on any atom is 0.325 e. The summed E-state index contributed by atoms with van der Waals surface area (Å²) < 4.78 is 10.6. The van der Waals surface area contributed by atoms with Crippen LogP contribution in [0.3, 0.4) is 0 Å². The highest BCUT2D eigenvalue weighted by molar-refractivity contribution is 6.09. The molecule has 1 saturated heterocycles. The first-order valence-corrected chi connectivity index (χ1v) is 8.82. The van der Waals surface area contributed by atoms with Crippen molar-refractivity contribution in [2.75, 3.05) is 13.3 Å². The van der Waals surface area contributed by atoms with Crippen LogP contribution < -0.4 is 20.1 Å². The Bertz CT molecular complexity index is 946. The Kier molecular flexibility index (Phi) is 4.38.